The summed E-state index contributed by atoms with van der Waals surface area (Å²) >= 11 is 0. The Balaban J connectivity index is 1.22. The molecule has 1 fully saturated rings. The van der Waals surface area contributed by atoms with E-state index in [0.717, 1.165) is 53.3 Å². The van der Waals surface area contributed by atoms with Crippen LogP contribution in [0.15, 0.2) is 97.1 Å². The van der Waals surface area contributed by atoms with Crippen LogP contribution in [0.25, 0.3) is 10.8 Å². The van der Waals surface area contributed by atoms with E-state index in [1.807, 2.05) is 97.1 Å². The molecule has 1 atom stereocenters. The van der Waals surface area contributed by atoms with Crippen molar-refractivity contribution in [3.8, 4) is 0 Å². The second-order valence-corrected chi connectivity index (χ2v) is 11.8. The van der Waals surface area contributed by atoms with Crippen LogP contribution < -0.4 is 10.2 Å². The molecule has 43 heavy (non-hydrogen) atoms. The molecule has 6 nitrogen and oxygen atoms in total. The van der Waals surface area contributed by atoms with Gasteiger partial charge in [-0.05, 0) is 47.9 Å². The first-order valence-corrected chi connectivity index (χ1v) is 15.6. The van der Waals surface area contributed by atoms with Gasteiger partial charge in [-0.2, -0.15) is 0 Å². The fourth-order valence-electron chi connectivity index (χ4n) is 6.61. The lowest BCUT2D eigenvalue weighted by molar-refractivity contribution is -0.141. The maximum atomic E-state index is 14.1. The van der Waals surface area contributed by atoms with Crippen molar-refractivity contribution < 1.29 is 14.4 Å². The molecule has 0 bridgehead atoms. The zero-order valence-corrected chi connectivity index (χ0v) is 24.6. The van der Waals surface area contributed by atoms with Gasteiger partial charge in [-0.25, -0.2) is 0 Å². The van der Waals surface area contributed by atoms with Crippen LogP contribution in [0.2, 0.25) is 0 Å². The third-order valence-corrected chi connectivity index (χ3v) is 8.84. The lowest BCUT2D eigenvalue weighted by atomic mass is 9.94. The lowest BCUT2D eigenvalue weighted by Gasteiger charge is -2.33. The van der Waals surface area contributed by atoms with E-state index in [1.165, 1.54) is 6.42 Å². The molecule has 4 aromatic carbocycles. The van der Waals surface area contributed by atoms with Gasteiger partial charge in [0.25, 0.3) is 5.91 Å². The van der Waals surface area contributed by atoms with Crippen molar-refractivity contribution >= 4 is 34.2 Å². The SMILES string of the molecule is O=C(NC1CCCCC1)[C@H](Cc1ccccc1)N(Cc1ccccc1)C(=O)CCCN1C(=O)c2cccc3cccc1c23. The number of carbonyl (C=O) groups is 3. The minimum Gasteiger partial charge on any atom is -0.352 e. The molecular weight excluding hydrogens is 534 g/mol. The van der Waals surface area contributed by atoms with E-state index >= 15 is 0 Å². The molecule has 1 saturated carbocycles. The Bertz CT molecular complexity index is 1580. The molecule has 1 heterocycles. The highest BCUT2D eigenvalue weighted by Crippen LogP contribution is 2.37. The Morgan fingerprint density at radius 3 is 2.21 bits per heavy atom. The molecule has 4 aromatic rings. The first-order valence-electron chi connectivity index (χ1n) is 15.6. The first-order chi connectivity index (χ1) is 21.1. The topological polar surface area (TPSA) is 69.7 Å². The zero-order valence-electron chi connectivity index (χ0n) is 24.6. The molecular formula is C37H39N3O3. The van der Waals surface area contributed by atoms with Crippen molar-refractivity contribution in [1.82, 2.24) is 10.2 Å². The third kappa shape index (κ3) is 6.48. The minimum atomic E-state index is -0.636. The van der Waals surface area contributed by atoms with Crippen LogP contribution in [0, 0.1) is 0 Å². The van der Waals surface area contributed by atoms with E-state index in [-0.39, 0.29) is 30.2 Å². The number of nitrogens with one attached hydrogen (secondary N) is 1. The van der Waals surface area contributed by atoms with Crippen molar-refractivity contribution in [2.24, 2.45) is 0 Å². The quantitative estimate of drug-likeness (QED) is 0.218. The summed E-state index contributed by atoms with van der Waals surface area (Å²) < 4.78 is 0. The highest BCUT2D eigenvalue weighted by atomic mass is 16.2. The molecule has 0 saturated heterocycles. The van der Waals surface area contributed by atoms with Crippen LogP contribution in [0.3, 0.4) is 0 Å². The molecule has 0 aromatic heterocycles. The molecule has 6 rings (SSSR count). The summed E-state index contributed by atoms with van der Waals surface area (Å²) in [5.74, 6) is -0.183. The monoisotopic (exact) mass is 573 g/mol. The number of anilines is 1. The fraction of sp³-hybridized carbons (Fsp3) is 0.324. The molecule has 0 radical (unpaired) electrons. The average molecular weight is 574 g/mol. The fourth-order valence-corrected chi connectivity index (χ4v) is 6.61. The number of hydrogen-bond acceptors (Lipinski definition) is 3. The molecule has 1 N–H and O–H groups in total. The summed E-state index contributed by atoms with van der Waals surface area (Å²) in [6.45, 7) is 0.790. The van der Waals surface area contributed by atoms with Crippen molar-refractivity contribution in [3.63, 3.8) is 0 Å². The van der Waals surface area contributed by atoms with E-state index < -0.39 is 6.04 Å². The van der Waals surface area contributed by atoms with Gasteiger partial charge in [-0.15, -0.1) is 0 Å². The minimum absolute atomic E-state index is 0.0193. The largest absolute Gasteiger partial charge is 0.352 e. The van der Waals surface area contributed by atoms with Crippen LogP contribution >= 0.6 is 0 Å². The zero-order chi connectivity index (χ0) is 29.6. The maximum absolute atomic E-state index is 14.1. The summed E-state index contributed by atoms with van der Waals surface area (Å²) in [6.07, 6.45) is 6.59. The maximum Gasteiger partial charge on any atom is 0.258 e. The van der Waals surface area contributed by atoms with Gasteiger partial charge in [0.2, 0.25) is 11.8 Å². The number of carbonyl (C=O) groups excluding carboxylic acids is 3. The van der Waals surface area contributed by atoms with Crippen LogP contribution in [-0.2, 0) is 22.6 Å². The summed E-state index contributed by atoms with van der Waals surface area (Å²) in [6, 6.07) is 31.1. The van der Waals surface area contributed by atoms with Crippen LogP contribution in [-0.4, -0.2) is 41.2 Å². The predicted octanol–water partition coefficient (Wildman–Crippen LogP) is 6.67. The summed E-state index contributed by atoms with van der Waals surface area (Å²) in [5, 5.41) is 5.33. The van der Waals surface area contributed by atoms with Crippen LogP contribution in [0.5, 0.6) is 0 Å². The molecule has 6 heteroatoms. The highest BCUT2D eigenvalue weighted by Gasteiger charge is 2.33. The molecule has 3 amide bonds. The summed E-state index contributed by atoms with van der Waals surface area (Å²) in [4.78, 5) is 44.9. The molecule has 1 aliphatic carbocycles. The van der Waals surface area contributed by atoms with Crippen molar-refractivity contribution in [2.45, 2.75) is 70.0 Å². The third-order valence-electron chi connectivity index (χ3n) is 8.84. The standard InChI is InChI=1S/C37H39N3O3/c41-34(23-12-24-39-32-22-11-18-29-17-10-21-31(35(29)32)37(39)43)40(26-28-15-6-2-7-16-28)33(25-27-13-4-1-5-14-27)36(42)38-30-19-8-3-9-20-30/h1-2,4-7,10-11,13-18,21-22,30,33H,3,8-9,12,19-20,23-26H2,(H,38,42)/t33-/m0/s1. The Hall–Kier alpha value is -4.45. The number of amides is 3. The van der Waals surface area contributed by atoms with Gasteiger partial charge in [-0.1, -0.05) is 104 Å². The van der Waals surface area contributed by atoms with Crippen LogP contribution in [0.4, 0.5) is 5.69 Å². The van der Waals surface area contributed by atoms with E-state index in [1.54, 1.807) is 9.80 Å². The van der Waals surface area contributed by atoms with Gasteiger partial charge >= 0.3 is 0 Å². The lowest BCUT2D eigenvalue weighted by Crippen LogP contribution is -2.52. The smallest absolute Gasteiger partial charge is 0.258 e. The van der Waals surface area contributed by atoms with Gasteiger partial charge in [0.1, 0.15) is 6.04 Å². The van der Waals surface area contributed by atoms with Gasteiger partial charge in [0.05, 0.1) is 5.69 Å². The van der Waals surface area contributed by atoms with E-state index in [0.29, 0.717) is 31.5 Å². The van der Waals surface area contributed by atoms with Gasteiger partial charge < -0.3 is 15.1 Å². The van der Waals surface area contributed by atoms with Crippen LogP contribution in [0.1, 0.15) is 66.4 Å². The Morgan fingerprint density at radius 2 is 1.49 bits per heavy atom. The van der Waals surface area contributed by atoms with E-state index in [9.17, 15) is 14.4 Å². The average Bonchev–Trinajstić information content (AvgIpc) is 3.32. The summed E-state index contributed by atoms with van der Waals surface area (Å²) in [5.41, 5.74) is 3.62. The van der Waals surface area contributed by atoms with Gasteiger partial charge in [0, 0.05) is 42.9 Å². The Kier molecular flexibility index (Phi) is 8.83. The molecule has 2 aliphatic rings. The Labute approximate surface area is 253 Å². The van der Waals surface area contributed by atoms with Crippen molar-refractivity contribution in [1.29, 1.82) is 0 Å². The van der Waals surface area contributed by atoms with Gasteiger partial charge in [0.15, 0.2) is 0 Å². The normalized spacial score (nSPS) is 15.4. The number of hydrogen-bond donors (Lipinski definition) is 1. The number of benzene rings is 4. The van der Waals surface area contributed by atoms with Gasteiger partial charge in [-0.3, -0.25) is 14.4 Å². The molecule has 0 unspecified atom stereocenters. The second kappa shape index (κ2) is 13.2. The molecule has 1 aliphatic heterocycles. The predicted molar refractivity (Wildman–Crippen MR) is 171 cm³/mol. The van der Waals surface area contributed by atoms with E-state index in [2.05, 4.69) is 5.32 Å². The highest BCUT2D eigenvalue weighted by molar-refractivity contribution is 6.25. The van der Waals surface area contributed by atoms with Crippen molar-refractivity contribution in [2.75, 3.05) is 11.4 Å². The Morgan fingerprint density at radius 1 is 0.814 bits per heavy atom. The number of nitrogens with zero attached hydrogens (tertiary/aromatic N) is 2. The second-order valence-electron chi connectivity index (χ2n) is 11.8. The number of rotatable bonds is 11. The first kappa shape index (κ1) is 28.7. The molecule has 220 valence electrons. The van der Waals surface area contributed by atoms with E-state index in [4.69, 9.17) is 0 Å². The summed E-state index contributed by atoms with van der Waals surface area (Å²) in [7, 11) is 0. The molecule has 0 spiro atoms. The van der Waals surface area contributed by atoms with Crippen molar-refractivity contribution in [3.05, 3.63) is 114 Å².